The van der Waals surface area contributed by atoms with E-state index in [9.17, 15) is 9.59 Å². The van der Waals surface area contributed by atoms with E-state index in [4.69, 9.17) is 0 Å². The summed E-state index contributed by atoms with van der Waals surface area (Å²) in [5.41, 5.74) is 4.34. The van der Waals surface area contributed by atoms with E-state index >= 15 is 0 Å². The largest absolute Gasteiger partial charge is 0.353 e. The Morgan fingerprint density at radius 2 is 1.14 bits per heavy atom. The fourth-order valence-corrected chi connectivity index (χ4v) is 10.4. The van der Waals surface area contributed by atoms with Crippen molar-refractivity contribution < 1.29 is 9.59 Å². The number of nitrogens with one attached hydrogen (secondary N) is 1. The van der Waals surface area contributed by atoms with Gasteiger partial charge in [-0.1, -0.05) is 155 Å². The molecule has 1 N–H and O–H groups in total. The molecule has 216 valence electrons. The number of β-lactam (4-membered cyclic amide) rings is 1. The number of benzene rings is 4. The standard InChI is InChI=1S/C36H40N2O2SSi/c1-35(2,3)42(4,5)38-33(40)32(37-31(39)26-27-18-10-6-11-19-27)34(38)41-36(28-20-12-7-13-21-28,29-22-14-8-15-23-29)30-24-16-9-17-25-30/h6-25,32,34H,26H2,1-5H3,(H,37,39)/t32-,34-/m1/s1. The van der Waals surface area contributed by atoms with E-state index in [1.165, 1.54) is 0 Å². The van der Waals surface area contributed by atoms with Crippen LogP contribution in [0.5, 0.6) is 0 Å². The second-order valence-electron chi connectivity index (χ2n) is 12.5. The molecular weight excluding hydrogens is 553 g/mol. The predicted molar refractivity (Wildman–Crippen MR) is 177 cm³/mol. The summed E-state index contributed by atoms with van der Waals surface area (Å²) < 4.78 is 1.53. The summed E-state index contributed by atoms with van der Waals surface area (Å²) in [7, 11) is -2.31. The Balaban J connectivity index is 1.63. The quantitative estimate of drug-likeness (QED) is 0.124. The zero-order valence-corrected chi connectivity index (χ0v) is 26.9. The molecule has 1 heterocycles. The van der Waals surface area contributed by atoms with E-state index in [-0.39, 0.29) is 28.6 Å². The van der Waals surface area contributed by atoms with Gasteiger partial charge >= 0.3 is 0 Å². The maximum atomic E-state index is 14.1. The van der Waals surface area contributed by atoms with Gasteiger partial charge in [0.15, 0.2) is 8.24 Å². The van der Waals surface area contributed by atoms with E-state index in [0.29, 0.717) is 0 Å². The van der Waals surface area contributed by atoms with Crippen LogP contribution < -0.4 is 5.32 Å². The topological polar surface area (TPSA) is 49.4 Å². The molecule has 0 spiro atoms. The summed E-state index contributed by atoms with van der Waals surface area (Å²) in [6, 6.07) is 40.7. The zero-order valence-electron chi connectivity index (χ0n) is 25.1. The first-order valence-corrected chi connectivity index (χ1v) is 18.4. The number of amides is 2. The van der Waals surface area contributed by atoms with Crippen molar-refractivity contribution in [3.63, 3.8) is 0 Å². The summed E-state index contributed by atoms with van der Waals surface area (Å²) in [5.74, 6) is -0.117. The monoisotopic (exact) mass is 592 g/mol. The number of carbonyl (C=O) groups is 2. The van der Waals surface area contributed by atoms with E-state index in [1.807, 2.05) is 48.5 Å². The molecule has 0 bridgehead atoms. The second kappa shape index (κ2) is 11.9. The summed E-state index contributed by atoms with van der Waals surface area (Å²) in [5, 5.41) is 2.86. The third-order valence-electron chi connectivity index (χ3n) is 8.84. The fraction of sp³-hybridized carbons (Fsp3) is 0.278. The average molecular weight is 593 g/mol. The van der Waals surface area contributed by atoms with Gasteiger partial charge in [0.05, 0.1) is 11.2 Å². The maximum absolute atomic E-state index is 14.1. The molecular formula is C36H40N2O2SSi. The van der Waals surface area contributed by atoms with Crippen LogP contribution in [0.25, 0.3) is 0 Å². The predicted octanol–water partition coefficient (Wildman–Crippen LogP) is 7.61. The molecule has 0 aliphatic carbocycles. The van der Waals surface area contributed by atoms with Crippen LogP contribution in [0.2, 0.25) is 18.1 Å². The smallest absolute Gasteiger partial charge is 0.241 e. The molecule has 1 fully saturated rings. The first-order chi connectivity index (χ1) is 20.1. The van der Waals surface area contributed by atoms with Gasteiger partial charge in [0.2, 0.25) is 11.8 Å². The minimum Gasteiger partial charge on any atom is -0.353 e. The maximum Gasteiger partial charge on any atom is 0.241 e. The molecule has 1 aliphatic rings. The normalized spacial score (nSPS) is 17.5. The lowest BCUT2D eigenvalue weighted by molar-refractivity contribution is -0.142. The van der Waals surface area contributed by atoms with Gasteiger partial charge in [-0.15, -0.1) is 11.8 Å². The van der Waals surface area contributed by atoms with Crippen molar-refractivity contribution in [2.24, 2.45) is 0 Å². The van der Waals surface area contributed by atoms with Crippen LogP contribution >= 0.6 is 11.8 Å². The average Bonchev–Trinajstić information content (AvgIpc) is 2.99. The highest BCUT2D eigenvalue weighted by Crippen LogP contribution is 2.55. The molecule has 42 heavy (non-hydrogen) atoms. The lowest BCUT2D eigenvalue weighted by atomic mass is 9.84. The molecule has 0 aromatic heterocycles. The highest BCUT2D eigenvalue weighted by Gasteiger charge is 2.60. The number of nitrogens with zero attached hydrogens (tertiary/aromatic N) is 1. The number of thioether (sulfide) groups is 1. The highest BCUT2D eigenvalue weighted by atomic mass is 32.2. The van der Waals surface area contributed by atoms with Gasteiger partial charge in [0, 0.05) is 0 Å². The van der Waals surface area contributed by atoms with Gasteiger partial charge in [-0.25, -0.2) is 0 Å². The number of hydrogen-bond donors (Lipinski definition) is 1. The molecule has 1 aliphatic heterocycles. The van der Waals surface area contributed by atoms with E-state index in [1.54, 1.807) is 11.8 Å². The van der Waals surface area contributed by atoms with Crippen molar-refractivity contribution in [1.29, 1.82) is 0 Å². The van der Waals surface area contributed by atoms with Crippen LogP contribution in [0.1, 0.15) is 43.0 Å². The fourth-order valence-electron chi connectivity index (χ4n) is 5.58. The van der Waals surface area contributed by atoms with E-state index in [2.05, 4.69) is 117 Å². The molecule has 0 radical (unpaired) electrons. The Hall–Kier alpha value is -3.61. The van der Waals surface area contributed by atoms with Gasteiger partial charge < -0.3 is 9.88 Å². The summed E-state index contributed by atoms with van der Waals surface area (Å²) >= 11 is 1.77. The summed E-state index contributed by atoms with van der Waals surface area (Å²) in [6.07, 6.45) is 0.239. The lowest BCUT2D eigenvalue weighted by Gasteiger charge is -2.59. The SMILES string of the molecule is CC(C)(C)[Si](C)(C)N1C(=O)[C@@H](NC(=O)Cc2ccccc2)[C@H]1SC(c1ccccc1)(c1ccccc1)c1ccccc1. The minimum absolute atomic E-state index is 0.0172. The van der Waals surface area contributed by atoms with Crippen LogP contribution in [0.4, 0.5) is 0 Å². The van der Waals surface area contributed by atoms with Crippen LogP contribution in [-0.4, -0.2) is 36.0 Å². The van der Waals surface area contributed by atoms with E-state index in [0.717, 1.165) is 22.3 Å². The number of hydrogen-bond acceptors (Lipinski definition) is 3. The molecule has 0 unspecified atom stereocenters. The van der Waals surface area contributed by atoms with Gasteiger partial charge in [-0.3, -0.25) is 9.59 Å². The van der Waals surface area contributed by atoms with Crippen LogP contribution in [0, 0.1) is 0 Å². The molecule has 2 atom stereocenters. The van der Waals surface area contributed by atoms with Gasteiger partial charge in [-0.05, 0) is 27.3 Å². The molecule has 4 aromatic rings. The molecule has 2 amide bonds. The van der Waals surface area contributed by atoms with Crippen molar-refractivity contribution in [2.45, 2.75) is 61.5 Å². The Morgan fingerprint density at radius 1 is 0.738 bits per heavy atom. The third-order valence-corrected chi connectivity index (χ3v) is 16.2. The highest BCUT2D eigenvalue weighted by molar-refractivity contribution is 8.01. The number of carbonyl (C=O) groups excluding carboxylic acids is 2. The third kappa shape index (κ3) is 5.58. The Bertz CT molecular complexity index is 1410. The Morgan fingerprint density at radius 3 is 1.55 bits per heavy atom. The molecule has 6 heteroatoms. The van der Waals surface area contributed by atoms with Crippen molar-refractivity contribution in [1.82, 2.24) is 9.88 Å². The van der Waals surface area contributed by atoms with Crippen LogP contribution in [0.3, 0.4) is 0 Å². The van der Waals surface area contributed by atoms with Crippen LogP contribution in [-0.2, 0) is 20.8 Å². The van der Waals surface area contributed by atoms with Crippen molar-refractivity contribution in [3.8, 4) is 0 Å². The van der Waals surface area contributed by atoms with Crippen LogP contribution in [0.15, 0.2) is 121 Å². The molecule has 4 aromatic carbocycles. The zero-order chi connectivity index (χ0) is 30.0. The molecule has 1 saturated heterocycles. The lowest BCUT2D eigenvalue weighted by Crippen LogP contribution is -2.78. The van der Waals surface area contributed by atoms with Crippen molar-refractivity contribution >= 4 is 31.8 Å². The van der Waals surface area contributed by atoms with Crippen molar-refractivity contribution in [2.75, 3.05) is 0 Å². The second-order valence-corrected chi connectivity index (χ2v) is 18.9. The molecule has 0 saturated carbocycles. The Kier molecular flexibility index (Phi) is 8.49. The molecule has 4 nitrogen and oxygen atoms in total. The van der Waals surface area contributed by atoms with Gasteiger partial charge in [0.25, 0.3) is 0 Å². The van der Waals surface area contributed by atoms with Gasteiger partial charge in [0.1, 0.15) is 11.4 Å². The van der Waals surface area contributed by atoms with Crippen molar-refractivity contribution in [3.05, 3.63) is 144 Å². The van der Waals surface area contributed by atoms with Gasteiger partial charge in [-0.2, -0.15) is 0 Å². The first-order valence-electron chi connectivity index (χ1n) is 14.6. The summed E-state index contributed by atoms with van der Waals surface area (Å²) in [6.45, 7) is 11.2. The summed E-state index contributed by atoms with van der Waals surface area (Å²) in [4.78, 5) is 27.4. The molecule has 5 rings (SSSR count). The Labute approximate surface area is 255 Å². The minimum atomic E-state index is -2.31. The van der Waals surface area contributed by atoms with E-state index < -0.39 is 19.0 Å². The first kappa shape index (κ1) is 29.9. The number of rotatable bonds is 9.